The molecule has 0 aliphatic carbocycles. The minimum atomic E-state index is 0.338. The average Bonchev–Trinajstić information content (AvgIpc) is 2.95. The van der Waals surface area contributed by atoms with Crippen molar-refractivity contribution >= 4 is 0 Å². The second-order valence-electron chi connectivity index (χ2n) is 6.73. The van der Waals surface area contributed by atoms with Gasteiger partial charge in [0.25, 0.3) is 0 Å². The molecule has 0 radical (unpaired) electrons. The molecule has 0 N–H and O–H groups in total. The molecule has 2 aromatic rings. The van der Waals surface area contributed by atoms with E-state index in [4.69, 9.17) is 4.74 Å². The number of aromatic nitrogens is 2. The fraction of sp³-hybridized carbons (Fsp3) is 0.550. The van der Waals surface area contributed by atoms with E-state index in [1.165, 1.54) is 16.8 Å². The van der Waals surface area contributed by atoms with Crippen molar-refractivity contribution in [2.75, 3.05) is 19.7 Å². The Kier molecular flexibility index (Phi) is 6.05. The molecule has 0 bridgehead atoms. The first kappa shape index (κ1) is 17.2. The molecular formula is C20H29N3O. The maximum absolute atomic E-state index is 5.98. The number of aryl methyl sites for hydroxylation is 2. The van der Waals surface area contributed by atoms with Crippen LogP contribution in [-0.4, -0.2) is 40.5 Å². The Morgan fingerprint density at radius 2 is 2.08 bits per heavy atom. The molecule has 0 spiro atoms. The second kappa shape index (κ2) is 8.45. The summed E-state index contributed by atoms with van der Waals surface area (Å²) < 4.78 is 8.11. The molecule has 1 fully saturated rings. The monoisotopic (exact) mass is 327 g/mol. The molecule has 1 atom stereocenters. The highest BCUT2D eigenvalue weighted by Gasteiger charge is 2.21. The maximum atomic E-state index is 5.98. The molecule has 0 amide bonds. The van der Waals surface area contributed by atoms with Gasteiger partial charge in [0.2, 0.25) is 0 Å². The third kappa shape index (κ3) is 4.46. The third-order valence-electron chi connectivity index (χ3n) is 4.85. The van der Waals surface area contributed by atoms with E-state index in [2.05, 4.69) is 58.9 Å². The number of hydrogen-bond donors (Lipinski definition) is 0. The van der Waals surface area contributed by atoms with Crippen molar-refractivity contribution < 1.29 is 4.74 Å². The molecule has 1 aromatic heterocycles. The van der Waals surface area contributed by atoms with Crippen LogP contribution in [0.3, 0.4) is 0 Å². The minimum Gasteiger partial charge on any atom is -0.376 e. The van der Waals surface area contributed by atoms with E-state index in [0.717, 1.165) is 52.0 Å². The smallest absolute Gasteiger partial charge is 0.0705 e. The molecule has 0 saturated carbocycles. The SMILES string of the molecule is CCCn1ncc(CN2CCOC(CCc3ccccc3)C2)c1C. The molecule has 24 heavy (non-hydrogen) atoms. The summed E-state index contributed by atoms with van der Waals surface area (Å²) in [4.78, 5) is 2.51. The molecule has 1 unspecified atom stereocenters. The van der Waals surface area contributed by atoms with Crippen LogP contribution in [0.1, 0.15) is 36.6 Å². The molecule has 1 saturated heterocycles. The summed E-state index contributed by atoms with van der Waals surface area (Å²) in [6.07, 6.45) is 5.69. The van der Waals surface area contributed by atoms with Crippen LogP contribution in [0.15, 0.2) is 36.5 Å². The Balaban J connectivity index is 1.52. The van der Waals surface area contributed by atoms with Crippen molar-refractivity contribution in [3.05, 3.63) is 53.3 Å². The molecule has 130 valence electrons. The molecular weight excluding hydrogens is 298 g/mol. The molecule has 3 rings (SSSR count). The summed E-state index contributed by atoms with van der Waals surface area (Å²) in [7, 11) is 0. The van der Waals surface area contributed by atoms with Gasteiger partial charge in [0.15, 0.2) is 0 Å². The minimum absolute atomic E-state index is 0.338. The Morgan fingerprint density at radius 1 is 1.25 bits per heavy atom. The highest BCUT2D eigenvalue weighted by Crippen LogP contribution is 2.17. The average molecular weight is 327 g/mol. The van der Waals surface area contributed by atoms with Gasteiger partial charge in [-0.1, -0.05) is 37.3 Å². The van der Waals surface area contributed by atoms with Gasteiger partial charge in [-0.15, -0.1) is 0 Å². The van der Waals surface area contributed by atoms with Crippen LogP contribution < -0.4 is 0 Å². The van der Waals surface area contributed by atoms with E-state index < -0.39 is 0 Å². The zero-order chi connectivity index (χ0) is 16.8. The molecule has 1 aliphatic rings. The zero-order valence-corrected chi connectivity index (χ0v) is 14.9. The molecule has 4 heteroatoms. The fourth-order valence-electron chi connectivity index (χ4n) is 3.39. The Morgan fingerprint density at radius 3 is 2.88 bits per heavy atom. The summed E-state index contributed by atoms with van der Waals surface area (Å²) in [5.74, 6) is 0. The topological polar surface area (TPSA) is 30.3 Å². The summed E-state index contributed by atoms with van der Waals surface area (Å²) in [6, 6.07) is 10.7. The Labute approximate surface area is 145 Å². The molecule has 1 aliphatic heterocycles. The fourth-order valence-corrected chi connectivity index (χ4v) is 3.39. The van der Waals surface area contributed by atoms with Crippen molar-refractivity contribution in [1.82, 2.24) is 14.7 Å². The van der Waals surface area contributed by atoms with E-state index >= 15 is 0 Å². The highest BCUT2D eigenvalue weighted by molar-refractivity contribution is 5.16. The lowest BCUT2D eigenvalue weighted by Crippen LogP contribution is -2.42. The molecule has 4 nitrogen and oxygen atoms in total. The number of hydrogen-bond acceptors (Lipinski definition) is 3. The standard InChI is InChI=1S/C20H29N3O/c1-3-11-23-17(2)19(14-21-23)15-22-12-13-24-20(16-22)10-9-18-7-5-4-6-8-18/h4-8,14,20H,3,9-13,15-16H2,1-2H3. The van der Waals surface area contributed by atoms with Gasteiger partial charge in [0.05, 0.1) is 18.9 Å². The van der Waals surface area contributed by atoms with Crippen molar-refractivity contribution in [3.8, 4) is 0 Å². The van der Waals surface area contributed by atoms with Crippen LogP contribution in [0.2, 0.25) is 0 Å². The number of benzene rings is 1. The largest absolute Gasteiger partial charge is 0.376 e. The predicted octanol–water partition coefficient (Wildman–Crippen LogP) is 3.44. The molecule has 1 aromatic carbocycles. The van der Waals surface area contributed by atoms with Crippen molar-refractivity contribution in [3.63, 3.8) is 0 Å². The number of morpholine rings is 1. The van der Waals surface area contributed by atoms with Gasteiger partial charge in [-0.25, -0.2) is 0 Å². The number of nitrogens with zero attached hydrogens (tertiary/aromatic N) is 3. The summed E-state index contributed by atoms with van der Waals surface area (Å²) in [6.45, 7) is 9.24. The van der Waals surface area contributed by atoms with Crippen molar-refractivity contribution in [1.29, 1.82) is 0 Å². The van der Waals surface area contributed by atoms with Crippen LogP contribution in [0.4, 0.5) is 0 Å². The maximum Gasteiger partial charge on any atom is 0.0705 e. The normalized spacial score (nSPS) is 18.8. The highest BCUT2D eigenvalue weighted by atomic mass is 16.5. The predicted molar refractivity (Wildman–Crippen MR) is 97.0 cm³/mol. The van der Waals surface area contributed by atoms with E-state index in [1.54, 1.807) is 0 Å². The van der Waals surface area contributed by atoms with Gasteiger partial charge in [0.1, 0.15) is 0 Å². The van der Waals surface area contributed by atoms with Gasteiger partial charge >= 0.3 is 0 Å². The summed E-state index contributed by atoms with van der Waals surface area (Å²) >= 11 is 0. The van der Waals surface area contributed by atoms with Gasteiger partial charge < -0.3 is 4.74 Å². The first-order chi connectivity index (χ1) is 11.8. The molecule has 2 heterocycles. The van der Waals surface area contributed by atoms with Crippen LogP contribution in [0.25, 0.3) is 0 Å². The van der Waals surface area contributed by atoms with E-state index in [0.29, 0.717) is 6.10 Å². The first-order valence-corrected chi connectivity index (χ1v) is 9.15. The van der Waals surface area contributed by atoms with Gasteiger partial charge in [-0.05, 0) is 31.7 Å². The van der Waals surface area contributed by atoms with Crippen molar-refractivity contribution in [2.24, 2.45) is 0 Å². The van der Waals surface area contributed by atoms with Gasteiger partial charge in [0, 0.05) is 37.4 Å². The number of ether oxygens (including phenoxy) is 1. The lowest BCUT2D eigenvalue weighted by Gasteiger charge is -2.33. The van der Waals surface area contributed by atoms with E-state index in [1.807, 2.05) is 6.20 Å². The van der Waals surface area contributed by atoms with Crippen molar-refractivity contribution in [2.45, 2.75) is 52.3 Å². The number of rotatable bonds is 7. The zero-order valence-electron chi connectivity index (χ0n) is 14.9. The Hall–Kier alpha value is -1.65. The van der Waals surface area contributed by atoms with Crippen LogP contribution in [-0.2, 0) is 24.2 Å². The first-order valence-electron chi connectivity index (χ1n) is 9.15. The third-order valence-corrected chi connectivity index (χ3v) is 4.85. The van der Waals surface area contributed by atoms with Crippen LogP contribution in [0, 0.1) is 6.92 Å². The van der Waals surface area contributed by atoms with Gasteiger partial charge in [-0.3, -0.25) is 9.58 Å². The second-order valence-corrected chi connectivity index (χ2v) is 6.73. The lowest BCUT2D eigenvalue weighted by molar-refractivity contribution is -0.0346. The van der Waals surface area contributed by atoms with Crippen LogP contribution >= 0.6 is 0 Å². The van der Waals surface area contributed by atoms with Crippen LogP contribution in [0.5, 0.6) is 0 Å². The van der Waals surface area contributed by atoms with E-state index in [-0.39, 0.29) is 0 Å². The van der Waals surface area contributed by atoms with E-state index in [9.17, 15) is 0 Å². The lowest BCUT2D eigenvalue weighted by atomic mass is 10.1. The Bertz CT molecular complexity index is 623. The van der Waals surface area contributed by atoms with Gasteiger partial charge in [-0.2, -0.15) is 5.10 Å². The summed E-state index contributed by atoms with van der Waals surface area (Å²) in [5.41, 5.74) is 4.06. The summed E-state index contributed by atoms with van der Waals surface area (Å²) in [5, 5.41) is 4.52. The quantitative estimate of drug-likeness (QED) is 0.780.